The van der Waals surface area contributed by atoms with Crippen molar-refractivity contribution in [2.24, 2.45) is 5.92 Å². The molecule has 0 aliphatic heterocycles. The van der Waals surface area contributed by atoms with E-state index in [1.165, 1.54) is 12.0 Å². The molecule has 0 aliphatic carbocycles. The molecule has 1 aromatic rings. The van der Waals surface area contributed by atoms with Gasteiger partial charge in [-0.2, -0.15) is 0 Å². The molecule has 0 heterocycles. The summed E-state index contributed by atoms with van der Waals surface area (Å²) in [7, 11) is 1.69. The highest BCUT2D eigenvalue weighted by molar-refractivity contribution is 9.09. The van der Waals surface area contributed by atoms with Crippen LogP contribution in [0.3, 0.4) is 0 Å². The predicted octanol–water partition coefficient (Wildman–Crippen LogP) is 4.45. The smallest absolute Gasteiger partial charge is 0.161 e. The highest BCUT2D eigenvalue weighted by Gasteiger charge is 2.06. The van der Waals surface area contributed by atoms with Crippen molar-refractivity contribution >= 4 is 15.9 Å². The van der Waals surface area contributed by atoms with E-state index in [4.69, 9.17) is 9.47 Å². The van der Waals surface area contributed by atoms with E-state index < -0.39 is 0 Å². The average Bonchev–Trinajstić information content (AvgIpc) is 2.39. The van der Waals surface area contributed by atoms with Gasteiger partial charge in [-0.15, -0.1) is 0 Å². The van der Waals surface area contributed by atoms with Crippen molar-refractivity contribution < 1.29 is 9.47 Å². The van der Waals surface area contributed by atoms with Gasteiger partial charge in [0.05, 0.1) is 13.7 Å². The monoisotopic (exact) mass is 314 g/mol. The molecule has 1 aromatic carbocycles. The molecular formula is C15H23BrO2. The first-order valence-corrected chi connectivity index (χ1v) is 7.69. The summed E-state index contributed by atoms with van der Waals surface area (Å²) in [5.74, 6) is 2.37. The SMILES string of the molecule is CCc1ccc(OCCC(C)CCBr)c(OC)c1. The van der Waals surface area contributed by atoms with Crippen LogP contribution < -0.4 is 9.47 Å². The molecule has 0 bridgehead atoms. The molecule has 0 amide bonds. The van der Waals surface area contributed by atoms with E-state index in [9.17, 15) is 0 Å². The topological polar surface area (TPSA) is 18.5 Å². The maximum Gasteiger partial charge on any atom is 0.161 e. The molecule has 0 spiro atoms. The van der Waals surface area contributed by atoms with Gasteiger partial charge in [-0.05, 0) is 42.9 Å². The second kappa shape index (κ2) is 8.41. The summed E-state index contributed by atoms with van der Waals surface area (Å²) in [6, 6.07) is 6.16. The fourth-order valence-corrected chi connectivity index (χ4v) is 2.53. The Morgan fingerprint density at radius 2 is 2.00 bits per heavy atom. The van der Waals surface area contributed by atoms with Crippen molar-refractivity contribution in [1.82, 2.24) is 0 Å². The summed E-state index contributed by atoms with van der Waals surface area (Å²) in [5.41, 5.74) is 1.27. The zero-order valence-electron chi connectivity index (χ0n) is 11.5. The summed E-state index contributed by atoms with van der Waals surface area (Å²) in [6.07, 6.45) is 3.28. The molecule has 0 N–H and O–H groups in total. The third kappa shape index (κ3) is 4.89. The molecule has 1 atom stereocenters. The van der Waals surface area contributed by atoms with Crippen LogP contribution in [-0.4, -0.2) is 19.0 Å². The van der Waals surface area contributed by atoms with Crippen LogP contribution >= 0.6 is 15.9 Å². The number of halogens is 1. The second-order valence-corrected chi connectivity index (χ2v) is 5.35. The number of methoxy groups -OCH3 is 1. The lowest BCUT2D eigenvalue weighted by Gasteiger charge is -2.14. The van der Waals surface area contributed by atoms with Crippen molar-refractivity contribution in [3.63, 3.8) is 0 Å². The third-order valence-corrected chi connectivity index (χ3v) is 3.56. The van der Waals surface area contributed by atoms with E-state index in [0.717, 1.165) is 36.3 Å². The predicted molar refractivity (Wildman–Crippen MR) is 80.1 cm³/mol. The molecule has 0 aromatic heterocycles. The number of hydrogen-bond donors (Lipinski definition) is 0. The molecule has 18 heavy (non-hydrogen) atoms. The minimum absolute atomic E-state index is 0.685. The van der Waals surface area contributed by atoms with Gasteiger partial charge in [-0.3, -0.25) is 0 Å². The van der Waals surface area contributed by atoms with Crippen LogP contribution in [0.4, 0.5) is 0 Å². The fraction of sp³-hybridized carbons (Fsp3) is 0.600. The molecule has 0 radical (unpaired) electrons. The third-order valence-electron chi connectivity index (χ3n) is 3.11. The van der Waals surface area contributed by atoms with Gasteiger partial charge in [-0.1, -0.05) is 35.8 Å². The Labute approximate surface area is 119 Å². The van der Waals surface area contributed by atoms with Gasteiger partial charge in [0.25, 0.3) is 0 Å². The Hall–Kier alpha value is -0.700. The summed E-state index contributed by atoms with van der Waals surface area (Å²) in [4.78, 5) is 0. The van der Waals surface area contributed by atoms with Gasteiger partial charge in [0.1, 0.15) is 0 Å². The van der Waals surface area contributed by atoms with E-state index in [-0.39, 0.29) is 0 Å². The van der Waals surface area contributed by atoms with Gasteiger partial charge in [0.15, 0.2) is 11.5 Å². The van der Waals surface area contributed by atoms with Gasteiger partial charge >= 0.3 is 0 Å². The van der Waals surface area contributed by atoms with Crippen molar-refractivity contribution in [3.8, 4) is 11.5 Å². The molecule has 0 saturated carbocycles. The zero-order chi connectivity index (χ0) is 13.4. The van der Waals surface area contributed by atoms with Crippen LogP contribution in [0.25, 0.3) is 0 Å². The number of hydrogen-bond acceptors (Lipinski definition) is 2. The number of benzene rings is 1. The number of rotatable bonds is 8. The maximum atomic E-state index is 5.80. The molecule has 102 valence electrons. The number of alkyl halides is 1. The van der Waals surface area contributed by atoms with Gasteiger partial charge in [0.2, 0.25) is 0 Å². The minimum Gasteiger partial charge on any atom is -0.493 e. The van der Waals surface area contributed by atoms with E-state index >= 15 is 0 Å². The lowest BCUT2D eigenvalue weighted by atomic mass is 10.1. The first-order valence-electron chi connectivity index (χ1n) is 6.56. The van der Waals surface area contributed by atoms with Crippen molar-refractivity contribution in [2.45, 2.75) is 33.1 Å². The van der Waals surface area contributed by atoms with Gasteiger partial charge in [0, 0.05) is 5.33 Å². The maximum absolute atomic E-state index is 5.80. The van der Waals surface area contributed by atoms with E-state index in [1.54, 1.807) is 7.11 Å². The van der Waals surface area contributed by atoms with Crippen LogP contribution in [0.2, 0.25) is 0 Å². The van der Waals surface area contributed by atoms with Crippen molar-refractivity contribution in [2.75, 3.05) is 19.0 Å². The van der Waals surface area contributed by atoms with Crippen LogP contribution in [0.1, 0.15) is 32.3 Å². The Bertz CT molecular complexity index is 352. The molecule has 1 unspecified atom stereocenters. The van der Waals surface area contributed by atoms with Crippen molar-refractivity contribution in [1.29, 1.82) is 0 Å². The molecular weight excluding hydrogens is 292 g/mol. The minimum atomic E-state index is 0.685. The quantitative estimate of drug-likeness (QED) is 0.660. The Balaban J connectivity index is 2.51. The Morgan fingerprint density at radius 1 is 1.22 bits per heavy atom. The average molecular weight is 315 g/mol. The Morgan fingerprint density at radius 3 is 2.61 bits per heavy atom. The highest BCUT2D eigenvalue weighted by Crippen LogP contribution is 2.28. The summed E-state index contributed by atoms with van der Waals surface area (Å²) >= 11 is 3.46. The van der Waals surface area contributed by atoms with Crippen LogP contribution in [0, 0.1) is 5.92 Å². The standard InChI is InChI=1S/C15H23BrO2/c1-4-13-5-6-14(15(11-13)17-3)18-10-8-12(2)7-9-16/h5-6,11-12H,4,7-10H2,1-3H3. The summed E-state index contributed by atoms with van der Waals surface area (Å²) < 4.78 is 11.2. The molecule has 3 heteroatoms. The van der Waals surface area contributed by atoms with E-state index in [1.807, 2.05) is 6.07 Å². The number of aryl methyl sites for hydroxylation is 1. The fourth-order valence-electron chi connectivity index (χ4n) is 1.75. The molecule has 0 fully saturated rings. The molecule has 2 nitrogen and oxygen atoms in total. The van der Waals surface area contributed by atoms with Crippen LogP contribution in [0.15, 0.2) is 18.2 Å². The summed E-state index contributed by atoms with van der Waals surface area (Å²) in [5, 5.41) is 1.06. The molecule has 0 aliphatic rings. The number of ether oxygens (including phenoxy) is 2. The first-order chi connectivity index (χ1) is 8.71. The lowest BCUT2D eigenvalue weighted by molar-refractivity contribution is 0.267. The van der Waals surface area contributed by atoms with Gasteiger partial charge < -0.3 is 9.47 Å². The van der Waals surface area contributed by atoms with Crippen LogP contribution in [-0.2, 0) is 6.42 Å². The first kappa shape index (κ1) is 15.4. The van der Waals surface area contributed by atoms with E-state index in [2.05, 4.69) is 41.9 Å². The molecule has 1 rings (SSSR count). The normalized spacial score (nSPS) is 12.2. The van der Waals surface area contributed by atoms with E-state index in [0.29, 0.717) is 5.92 Å². The highest BCUT2D eigenvalue weighted by atomic mass is 79.9. The second-order valence-electron chi connectivity index (χ2n) is 4.56. The van der Waals surface area contributed by atoms with Gasteiger partial charge in [-0.25, -0.2) is 0 Å². The zero-order valence-corrected chi connectivity index (χ0v) is 13.1. The Kier molecular flexibility index (Phi) is 7.18. The van der Waals surface area contributed by atoms with Crippen LogP contribution in [0.5, 0.6) is 11.5 Å². The summed E-state index contributed by atoms with van der Waals surface area (Å²) in [6.45, 7) is 5.13. The lowest BCUT2D eigenvalue weighted by Crippen LogP contribution is -2.05. The van der Waals surface area contributed by atoms with Crippen molar-refractivity contribution in [3.05, 3.63) is 23.8 Å². The largest absolute Gasteiger partial charge is 0.493 e. The molecule has 0 saturated heterocycles.